The third-order valence-corrected chi connectivity index (χ3v) is 3.21. The highest BCUT2D eigenvalue weighted by atomic mass is 79.9. The maximum atomic E-state index is 5.50. The highest BCUT2D eigenvalue weighted by molar-refractivity contribution is 9.10. The number of hydrogen-bond donors (Lipinski definition) is 2. The molecule has 0 saturated heterocycles. The predicted octanol–water partition coefficient (Wildman–Crippen LogP) is 2.75. The number of aromatic nitrogens is 2. The first kappa shape index (κ1) is 12.0. The zero-order chi connectivity index (χ0) is 12.3. The summed E-state index contributed by atoms with van der Waals surface area (Å²) in [4.78, 5) is 8.33. The van der Waals surface area contributed by atoms with Crippen molar-refractivity contribution in [2.45, 2.75) is 13.5 Å². The summed E-state index contributed by atoms with van der Waals surface area (Å²) in [5.41, 5.74) is 7.66. The molecule has 0 bridgehead atoms. The number of halogens is 1. The normalized spacial score (nSPS) is 10.3. The first-order valence-corrected chi connectivity index (χ1v) is 6.03. The molecular formula is C12H13BrN4. The Labute approximate surface area is 108 Å². The van der Waals surface area contributed by atoms with E-state index in [9.17, 15) is 0 Å². The highest BCUT2D eigenvalue weighted by Gasteiger charge is 2.00. The number of anilines is 2. The second-order valence-electron chi connectivity index (χ2n) is 3.65. The minimum Gasteiger partial charge on any atom is -0.340 e. The summed E-state index contributed by atoms with van der Waals surface area (Å²) in [7, 11) is 0. The molecule has 1 aromatic carbocycles. The summed E-state index contributed by atoms with van der Waals surface area (Å²) in [6.07, 6.45) is 1.70. The van der Waals surface area contributed by atoms with Crippen LogP contribution in [-0.4, -0.2) is 9.97 Å². The molecule has 0 unspecified atom stereocenters. The van der Waals surface area contributed by atoms with Gasteiger partial charge in [-0.3, -0.25) is 0 Å². The van der Waals surface area contributed by atoms with Gasteiger partial charge in [0.1, 0.15) is 11.6 Å². The molecule has 0 aliphatic carbocycles. The second kappa shape index (κ2) is 5.25. The molecule has 0 radical (unpaired) electrons. The molecule has 5 heteroatoms. The Kier molecular flexibility index (Phi) is 3.71. The van der Waals surface area contributed by atoms with Crippen LogP contribution in [-0.2, 0) is 6.54 Å². The van der Waals surface area contributed by atoms with Gasteiger partial charge in [-0.25, -0.2) is 9.97 Å². The van der Waals surface area contributed by atoms with Crippen LogP contribution in [0.5, 0.6) is 0 Å². The average Bonchev–Trinajstić information content (AvgIpc) is 2.34. The quantitative estimate of drug-likeness (QED) is 0.913. The van der Waals surface area contributed by atoms with E-state index in [0.717, 1.165) is 16.0 Å². The SMILES string of the molecule is Cc1cc(Nc2ccnc(CN)n2)ccc1Br. The van der Waals surface area contributed by atoms with Crippen molar-refractivity contribution in [3.63, 3.8) is 0 Å². The van der Waals surface area contributed by atoms with E-state index in [-0.39, 0.29) is 0 Å². The van der Waals surface area contributed by atoms with Crippen molar-refractivity contribution in [1.82, 2.24) is 9.97 Å². The predicted molar refractivity (Wildman–Crippen MR) is 72.1 cm³/mol. The summed E-state index contributed by atoms with van der Waals surface area (Å²) in [6.45, 7) is 2.38. The molecule has 0 atom stereocenters. The van der Waals surface area contributed by atoms with Crippen molar-refractivity contribution in [2.24, 2.45) is 5.73 Å². The standard InChI is InChI=1S/C12H13BrN4/c1-8-6-9(2-3-10(8)13)16-11-4-5-15-12(7-14)17-11/h2-6H,7,14H2,1H3,(H,15,16,17). The molecule has 1 aromatic heterocycles. The number of nitrogens with two attached hydrogens (primary N) is 1. The Hall–Kier alpha value is -1.46. The number of benzene rings is 1. The molecule has 0 aliphatic heterocycles. The maximum absolute atomic E-state index is 5.50. The van der Waals surface area contributed by atoms with E-state index in [1.54, 1.807) is 6.20 Å². The van der Waals surface area contributed by atoms with Crippen LogP contribution in [0, 0.1) is 6.92 Å². The van der Waals surface area contributed by atoms with Crippen molar-refractivity contribution in [2.75, 3.05) is 5.32 Å². The van der Waals surface area contributed by atoms with Crippen molar-refractivity contribution < 1.29 is 0 Å². The van der Waals surface area contributed by atoms with Crippen LogP contribution in [0.2, 0.25) is 0 Å². The molecule has 4 nitrogen and oxygen atoms in total. The van der Waals surface area contributed by atoms with E-state index >= 15 is 0 Å². The molecule has 0 spiro atoms. The van der Waals surface area contributed by atoms with Gasteiger partial charge >= 0.3 is 0 Å². The van der Waals surface area contributed by atoms with Crippen molar-refractivity contribution in [3.8, 4) is 0 Å². The Bertz CT molecular complexity index is 528. The van der Waals surface area contributed by atoms with Crippen LogP contribution in [0.25, 0.3) is 0 Å². The second-order valence-corrected chi connectivity index (χ2v) is 4.51. The average molecular weight is 293 g/mol. The third-order valence-electron chi connectivity index (χ3n) is 2.32. The zero-order valence-corrected chi connectivity index (χ0v) is 11.0. The van der Waals surface area contributed by atoms with Gasteiger partial charge in [0.05, 0.1) is 6.54 Å². The number of aryl methyl sites for hydroxylation is 1. The van der Waals surface area contributed by atoms with Gasteiger partial charge in [-0.2, -0.15) is 0 Å². The minimum atomic E-state index is 0.342. The highest BCUT2D eigenvalue weighted by Crippen LogP contribution is 2.22. The summed E-state index contributed by atoms with van der Waals surface area (Å²) >= 11 is 3.47. The van der Waals surface area contributed by atoms with E-state index in [0.29, 0.717) is 12.4 Å². The molecule has 0 amide bonds. The minimum absolute atomic E-state index is 0.342. The first-order chi connectivity index (χ1) is 8.19. The zero-order valence-electron chi connectivity index (χ0n) is 9.44. The summed E-state index contributed by atoms with van der Waals surface area (Å²) < 4.78 is 1.09. The monoisotopic (exact) mass is 292 g/mol. The molecule has 0 saturated carbocycles. The number of nitrogens with one attached hydrogen (secondary N) is 1. The number of nitrogens with zero attached hydrogens (tertiary/aromatic N) is 2. The van der Waals surface area contributed by atoms with Crippen LogP contribution in [0.15, 0.2) is 34.9 Å². The van der Waals surface area contributed by atoms with Gasteiger partial charge < -0.3 is 11.1 Å². The van der Waals surface area contributed by atoms with Crippen LogP contribution >= 0.6 is 15.9 Å². The Morgan fingerprint density at radius 2 is 2.18 bits per heavy atom. The first-order valence-electron chi connectivity index (χ1n) is 5.24. The molecular weight excluding hydrogens is 280 g/mol. The van der Waals surface area contributed by atoms with E-state index in [2.05, 4.69) is 31.2 Å². The van der Waals surface area contributed by atoms with Gasteiger partial charge in [0.2, 0.25) is 0 Å². The molecule has 2 rings (SSSR count). The molecule has 3 N–H and O–H groups in total. The fourth-order valence-corrected chi connectivity index (χ4v) is 1.68. The van der Waals surface area contributed by atoms with E-state index in [4.69, 9.17) is 5.73 Å². The van der Waals surface area contributed by atoms with Crippen LogP contribution in [0.3, 0.4) is 0 Å². The van der Waals surface area contributed by atoms with Gasteiger partial charge in [-0.05, 0) is 36.8 Å². The lowest BCUT2D eigenvalue weighted by Gasteiger charge is -2.08. The van der Waals surface area contributed by atoms with Gasteiger partial charge in [0.25, 0.3) is 0 Å². The van der Waals surface area contributed by atoms with E-state index < -0.39 is 0 Å². The third kappa shape index (κ3) is 3.01. The lowest BCUT2D eigenvalue weighted by molar-refractivity contribution is 0.912. The fraction of sp³-hybridized carbons (Fsp3) is 0.167. The molecule has 17 heavy (non-hydrogen) atoms. The Balaban J connectivity index is 2.22. The molecule has 0 fully saturated rings. The smallest absolute Gasteiger partial charge is 0.144 e. The lowest BCUT2D eigenvalue weighted by Crippen LogP contribution is -2.04. The summed E-state index contributed by atoms with van der Waals surface area (Å²) in [5.74, 6) is 1.38. The van der Waals surface area contributed by atoms with Crippen molar-refractivity contribution in [1.29, 1.82) is 0 Å². The van der Waals surface area contributed by atoms with Gasteiger partial charge in [-0.15, -0.1) is 0 Å². The topological polar surface area (TPSA) is 63.8 Å². The maximum Gasteiger partial charge on any atom is 0.144 e. The van der Waals surface area contributed by atoms with Crippen LogP contribution < -0.4 is 11.1 Å². The van der Waals surface area contributed by atoms with Gasteiger partial charge in [-0.1, -0.05) is 15.9 Å². The van der Waals surface area contributed by atoms with Gasteiger partial charge in [0, 0.05) is 16.4 Å². The fourth-order valence-electron chi connectivity index (χ4n) is 1.44. The van der Waals surface area contributed by atoms with Crippen LogP contribution in [0.4, 0.5) is 11.5 Å². The Morgan fingerprint density at radius 3 is 2.88 bits per heavy atom. The molecule has 88 valence electrons. The number of rotatable bonds is 3. The van der Waals surface area contributed by atoms with Crippen molar-refractivity contribution >= 4 is 27.4 Å². The van der Waals surface area contributed by atoms with Crippen molar-refractivity contribution in [3.05, 3.63) is 46.3 Å². The van der Waals surface area contributed by atoms with E-state index in [1.807, 2.05) is 31.2 Å². The largest absolute Gasteiger partial charge is 0.340 e. The summed E-state index contributed by atoms with van der Waals surface area (Å²) in [5, 5.41) is 3.22. The molecule has 2 aromatic rings. The molecule has 1 heterocycles. The number of hydrogen-bond acceptors (Lipinski definition) is 4. The lowest BCUT2D eigenvalue weighted by atomic mass is 10.2. The van der Waals surface area contributed by atoms with Crippen LogP contribution in [0.1, 0.15) is 11.4 Å². The summed E-state index contributed by atoms with van der Waals surface area (Å²) in [6, 6.07) is 7.86. The van der Waals surface area contributed by atoms with Gasteiger partial charge in [0.15, 0.2) is 0 Å². The molecule has 0 aliphatic rings. The Morgan fingerprint density at radius 1 is 1.35 bits per heavy atom. The van der Waals surface area contributed by atoms with E-state index in [1.165, 1.54) is 5.56 Å².